The quantitative estimate of drug-likeness (QED) is 0.814. The number of carbonyl (C=O) groups excluding carboxylic acids is 3. The van der Waals surface area contributed by atoms with Crippen LogP contribution in [0.25, 0.3) is 0 Å². The van der Waals surface area contributed by atoms with Crippen LogP contribution in [0.3, 0.4) is 0 Å². The van der Waals surface area contributed by atoms with Gasteiger partial charge in [0.2, 0.25) is 5.91 Å². The predicted octanol–water partition coefficient (Wildman–Crippen LogP) is 1.22. The van der Waals surface area contributed by atoms with Crippen LogP contribution in [0, 0.1) is 5.82 Å². The summed E-state index contributed by atoms with van der Waals surface area (Å²) < 4.78 is 13.8. The van der Waals surface area contributed by atoms with Gasteiger partial charge in [0.25, 0.3) is 0 Å². The van der Waals surface area contributed by atoms with E-state index in [-0.39, 0.29) is 42.0 Å². The van der Waals surface area contributed by atoms with E-state index >= 15 is 0 Å². The van der Waals surface area contributed by atoms with Crippen molar-refractivity contribution in [2.45, 2.75) is 26.3 Å². The van der Waals surface area contributed by atoms with E-state index in [0.717, 1.165) is 0 Å². The fraction of sp³-hybridized carbons (Fsp3) is 0.471. The first-order chi connectivity index (χ1) is 11.8. The van der Waals surface area contributed by atoms with Gasteiger partial charge in [-0.15, -0.1) is 0 Å². The standard InChI is InChI=1S/C17H21ClFN3O3/c1-11(2)20-16(24)17(25)22-8-6-21(7-9-22)15(23)10-12-13(18)4-3-5-14(12)19/h3-5,11H,6-10H2,1-2H3,(H,20,24). The molecule has 0 bridgehead atoms. The molecular weight excluding hydrogens is 349 g/mol. The maximum atomic E-state index is 13.8. The molecule has 136 valence electrons. The highest BCUT2D eigenvalue weighted by Crippen LogP contribution is 2.20. The molecule has 2 rings (SSSR count). The van der Waals surface area contributed by atoms with Crippen LogP contribution in [0.1, 0.15) is 19.4 Å². The Labute approximate surface area is 150 Å². The van der Waals surface area contributed by atoms with Crippen molar-refractivity contribution in [3.63, 3.8) is 0 Å². The fourth-order valence-electron chi connectivity index (χ4n) is 2.59. The highest BCUT2D eigenvalue weighted by molar-refractivity contribution is 6.35. The zero-order chi connectivity index (χ0) is 18.6. The number of hydrogen-bond acceptors (Lipinski definition) is 3. The summed E-state index contributed by atoms with van der Waals surface area (Å²) in [6.07, 6.45) is -0.132. The summed E-state index contributed by atoms with van der Waals surface area (Å²) in [6, 6.07) is 4.17. The normalized spacial score (nSPS) is 14.6. The third-order valence-corrected chi connectivity index (χ3v) is 4.28. The molecule has 0 unspecified atom stereocenters. The van der Waals surface area contributed by atoms with Crippen LogP contribution in [0.15, 0.2) is 18.2 Å². The van der Waals surface area contributed by atoms with Gasteiger partial charge in [0, 0.05) is 42.8 Å². The molecule has 0 spiro atoms. The molecule has 0 radical (unpaired) electrons. The summed E-state index contributed by atoms with van der Waals surface area (Å²) in [5.41, 5.74) is 0.170. The monoisotopic (exact) mass is 369 g/mol. The average molecular weight is 370 g/mol. The van der Waals surface area contributed by atoms with E-state index in [4.69, 9.17) is 11.6 Å². The lowest BCUT2D eigenvalue weighted by atomic mass is 10.1. The topological polar surface area (TPSA) is 69.7 Å². The molecule has 1 saturated heterocycles. The Balaban J connectivity index is 1.90. The number of piperazine rings is 1. The zero-order valence-electron chi connectivity index (χ0n) is 14.2. The van der Waals surface area contributed by atoms with Crippen molar-refractivity contribution < 1.29 is 18.8 Å². The Morgan fingerprint density at radius 2 is 1.76 bits per heavy atom. The first kappa shape index (κ1) is 19.2. The molecule has 1 aromatic rings. The summed E-state index contributed by atoms with van der Waals surface area (Å²) in [5, 5.41) is 2.77. The number of rotatable bonds is 3. The van der Waals surface area contributed by atoms with Gasteiger partial charge >= 0.3 is 11.8 Å². The minimum Gasteiger partial charge on any atom is -0.346 e. The van der Waals surface area contributed by atoms with Crippen molar-refractivity contribution in [2.24, 2.45) is 0 Å². The maximum Gasteiger partial charge on any atom is 0.312 e. The molecule has 1 fully saturated rings. The number of halogens is 2. The second-order valence-corrected chi connectivity index (χ2v) is 6.59. The number of benzene rings is 1. The second kappa shape index (κ2) is 8.29. The van der Waals surface area contributed by atoms with Gasteiger partial charge in [0.05, 0.1) is 6.42 Å². The minimum absolute atomic E-state index is 0.121. The van der Waals surface area contributed by atoms with Gasteiger partial charge in [-0.05, 0) is 26.0 Å². The van der Waals surface area contributed by atoms with Gasteiger partial charge in [-0.25, -0.2) is 4.39 Å². The molecule has 0 aliphatic carbocycles. The molecule has 1 aromatic carbocycles. The molecule has 25 heavy (non-hydrogen) atoms. The molecule has 0 saturated carbocycles. The van der Waals surface area contributed by atoms with Crippen LogP contribution in [0.2, 0.25) is 5.02 Å². The number of hydrogen-bond donors (Lipinski definition) is 1. The second-order valence-electron chi connectivity index (χ2n) is 6.18. The lowest BCUT2D eigenvalue weighted by Crippen LogP contribution is -2.54. The predicted molar refractivity (Wildman–Crippen MR) is 91.6 cm³/mol. The smallest absolute Gasteiger partial charge is 0.312 e. The average Bonchev–Trinajstić information content (AvgIpc) is 2.57. The highest BCUT2D eigenvalue weighted by atomic mass is 35.5. The third-order valence-electron chi connectivity index (χ3n) is 3.92. The zero-order valence-corrected chi connectivity index (χ0v) is 15.0. The van der Waals surface area contributed by atoms with Gasteiger partial charge in [0.15, 0.2) is 0 Å². The maximum absolute atomic E-state index is 13.8. The van der Waals surface area contributed by atoms with E-state index in [0.29, 0.717) is 13.1 Å². The summed E-state index contributed by atoms with van der Waals surface area (Å²) in [5.74, 6) is -2.02. The fourth-order valence-corrected chi connectivity index (χ4v) is 2.82. The van der Waals surface area contributed by atoms with Gasteiger partial charge in [-0.3, -0.25) is 14.4 Å². The van der Waals surface area contributed by atoms with Crippen molar-refractivity contribution in [1.29, 1.82) is 0 Å². The molecule has 1 aliphatic heterocycles. The van der Waals surface area contributed by atoms with Crippen LogP contribution in [0.5, 0.6) is 0 Å². The molecule has 0 aromatic heterocycles. The summed E-state index contributed by atoms with van der Waals surface area (Å²) in [6.45, 7) is 4.67. The number of amides is 3. The van der Waals surface area contributed by atoms with E-state index in [1.165, 1.54) is 23.1 Å². The number of nitrogens with zero attached hydrogens (tertiary/aromatic N) is 2. The van der Waals surface area contributed by atoms with Gasteiger partial charge in [-0.2, -0.15) is 0 Å². The minimum atomic E-state index is -0.645. The van der Waals surface area contributed by atoms with E-state index in [1.807, 2.05) is 0 Å². The van der Waals surface area contributed by atoms with Crippen molar-refractivity contribution in [3.05, 3.63) is 34.6 Å². The van der Waals surface area contributed by atoms with E-state index in [2.05, 4.69) is 5.32 Å². The van der Waals surface area contributed by atoms with E-state index in [9.17, 15) is 18.8 Å². The Bertz CT molecular complexity index is 653. The van der Waals surface area contributed by atoms with Gasteiger partial charge < -0.3 is 15.1 Å². The third kappa shape index (κ3) is 4.92. The van der Waals surface area contributed by atoms with Crippen LogP contribution in [-0.4, -0.2) is 59.7 Å². The molecule has 0 atom stereocenters. The Kier molecular flexibility index (Phi) is 6.36. The van der Waals surface area contributed by atoms with Crippen LogP contribution in [-0.2, 0) is 20.8 Å². The molecular formula is C17H21ClFN3O3. The Morgan fingerprint density at radius 1 is 1.16 bits per heavy atom. The molecule has 1 aliphatic rings. The van der Waals surface area contributed by atoms with Crippen molar-refractivity contribution >= 4 is 29.3 Å². The first-order valence-electron chi connectivity index (χ1n) is 8.10. The lowest BCUT2D eigenvalue weighted by molar-refractivity contribution is -0.148. The molecule has 8 heteroatoms. The van der Waals surface area contributed by atoms with Crippen molar-refractivity contribution in [1.82, 2.24) is 15.1 Å². The van der Waals surface area contributed by atoms with Crippen LogP contribution < -0.4 is 5.32 Å². The highest BCUT2D eigenvalue weighted by Gasteiger charge is 2.28. The number of nitrogens with one attached hydrogen (secondary N) is 1. The molecule has 6 nitrogen and oxygen atoms in total. The molecule has 3 amide bonds. The lowest BCUT2D eigenvalue weighted by Gasteiger charge is -2.34. The summed E-state index contributed by atoms with van der Waals surface area (Å²) >= 11 is 5.95. The van der Waals surface area contributed by atoms with Crippen molar-refractivity contribution in [3.8, 4) is 0 Å². The number of carbonyl (C=O) groups is 3. The van der Waals surface area contributed by atoms with Gasteiger partial charge in [0.1, 0.15) is 5.82 Å². The van der Waals surface area contributed by atoms with E-state index in [1.54, 1.807) is 18.7 Å². The SMILES string of the molecule is CC(C)NC(=O)C(=O)N1CCN(C(=O)Cc2c(F)cccc2Cl)CC1. The van der Waals surface area contributed by atoms with Crippen molar-refractivity contribution in [2.75, 3.05) is 26.2 Å². The first-order valence-corrected chi connectivity index (χ1v) is 8.47. The van der Waals surface area contributed by atoms with Gasteiger partial charge in [-0.1, -0.05) is 17.7 Å². The van der Waals surface area contributed by atoms with E-state index < -0.39 is 17.6 Å². The molecule has 1 N–H and O–H groups in total. The Morgan fingerprint density at radius 3 is 2.32 bits per heavy atom. The van der Waals surface area contributed by atoms with Crippen LogP contribution >= 0.6 is 11.6 Å². The molecule has 1 heterocycles. The summed E-state index contributed by atoms with van der Waals surface area (Å²) in [7, 11) is 0. The summed E-state index contributed by atoms with van der Waals surface area (Å²) in [4.78, 5) is 39.1. The van der Waals surface area contributed by atoms with Crippen LogP contribution in [0.4, 0.5) is 4.39 Å². The largest absolute Gasteiger partial charge is 0.346 e. The Hall–Kier alpha value is -2.15.